The van der Waals surface area contributed by atoms with Gasteiger partial charge >= 0.3 is 0 Å². The fourth-order valence-corrected chi connectivity index (χ4v) is 12.9. The van der Waals surface area contributed by atoms with Crippen LogP contribution >= 0.6 is 0 Å². The first-order valence-electron chi connectivity index (χ1n) is 16.6. The highest BCUT2D eigenvalue weighted by Crippen LogP contribution is 2.75. The van der Waals surface area contributed by atoms with E-state index in [2.05, 4.69) is 84.8 Å². The summed E-state index contributed by atoms with van der Waals surface area (Å²) in [6, 6.07) is 30.6. The van der Waals surface area contributed by atoms with Crippen LogP contribution in [0.25, 0.3) is 32.7 Å². The van der Waals surface area contributed by atoms with Crippen molar-refractivity contribution in [3.63, 3.8) is 0 Å². The SMILES string of the molecule is c1ccc2c(-c3c(C4C5CC6CC(C5)CC4(C4[C]5CC7CC(C5)CC4C7)C6)ccc4ccccc34)cccc2c1. The number of hydrogen-bond acceptors (Lipinski definition) is 0. The summed E-state index contributed by atoms with van der Waals surface area (Å²) in [6.07, 6.45) is 15.2. The number of hydrogen-bond donors (Lipinski definition) is 0. The van der Waals surface area contributed by atoms with Gasteiger partial charge in [0.2, 0.25) is 0 Å². The van der Waals surface area contributed by atoms with Gasteiger partial charge in [-0.25, -0.2) is 0 Å². The lowest BCUT2D eigenvalue weighted by molar-refractivity contribution is -0.145. The van der Waals surface area contributed by atoms with E-state index in [-0.39, 0.29) is 0 Å². The van der Waals surface area contributed by atoms with Crippen molar-refractivity contribution in [3.8, 4) is 11.1 Å². The molecule has 0 aromatic heterocycles. The molecule has 12 rings (SSSR count). The molecular formula is C40H41. The highest BCUT2D eigenvalue weighted by molar-refractivity contribution is 6.06. The second-order valence-corrected chi connectivity index (χ2v) is 15.3. The molecule has 0 spiro atoms. The molecule has 8 aliphatic rings. The maximum Gasteiger partial charge on any atom is -0.00639 e. The summed E-state index contributed by atoms with van der Waals surface area (Å²) in [5.74, 6) is 9.59. The summed E-state index contributed by atoms with van der Waals surface area (Å²) in [7, 11) is 0. The molecule has 4 aromatic carbocycles. The van der Waals surface area contributed by atoms with E-state index in [9.17, 15) is 0 Å². The van der Waals surface area contributed by atoms with Crippen LogP contribution in [-0.4, -0.2) is 0 Å². The van der Waals surface area contributed by atoms with E-state index < -0.39 is 0 Å². The minimum absolute atomic E-state index is 0.504. The van der Waals surface area contributed by atoms with Crippen LogP contribution in [0.5, 0.6) is 0 Å². The first kappa shape index (κ1) is 23.0. The first-order chi connectivity index (χ1) is 19.7. The Bertz CT molecular complexity index is 1590. The predicted octanol–water partition coefficient (Wildman–Crippen LogP) is 10.6. The standard InChI is InChI=1S/C40H41/c1-3-9-33-28(6-1)8-5-11-35(33)37-34-10-4-2-7-29(34)12-13-36(37)39-32-20-26-15-27(21-32)23-40(39,22-26)38-30-16-24-14-25(18-30)19-31(38)17-24/h1-13,24-27,30,32,38-39H,14-23H2. The van der Waals surface area contributed by atoms with Crippen LogP contribution in [0, 0.1) is 52.8 Å². The van der Waals surface area contributed by atoms with Crippen molar-refractivity contribution in [1.29, 1.82) is 0 Å². The van der Waals surface area contributed by atoms with E-state index in [1.807, 2.05) is 0 Å². The quantitative estimate of drug-likeness (QED) is 0.251. The van der Waals surface area contributed by atoms with Gasteiger partial charge in [-0.2, -0.15) is 0 Å². The molecule has 8 aliphatic carbocycles. The van der Waals surface area contributed by atoms with Gasteiger partial charge < -0.3 is 0 Å². The largest absolute Gasteiger partial charge is 0.0616 e. The summed E-state index contributed by atoms with van der Waals surface area (Å²) < 4.78 is 0. The number of fused-ring (bicyclic) bond motifs is 2. The van der Waals surface area contributed by atoms with Gasteiger partial charge in [0.1, 0.15) is 0 Å². The molecule has 6 atom stereocenters. The van der Waals surface area contributed by atoms with Gasteiger partial charge in [-0.3, -0.25) is 0 Å². The number of rotatable bonds is 3. The van der Waals surface area contributed by atoms with Crippen LogP contribution in [0.2, 0.25) is 0 Å². The van der Waals surface area contributed by atoms with Gasteiger partial charge in [0, 0.05) is 0 Å². The lowest BCUT2D eigenvalue weighted by atomic mass is 9.35. The summed E-state index contributed by atoms with van der Waals surface area (Å²) in [6.45, 7) is 0. The second-order valence-electron chi connectivity index (χ2n) is 15.3. The van der Waals surface area contributed by atoms with E-state index in [1.54, 1.807) is 30.4 Å². The molecule has 0 N–H and O–H groups in total. The third-order valence-corrected chi connectivity index (χ3v) is 13.3. The van der Waals surface area contributed by atoms with Crippen LogP contribution in [0.15, 0.2) is 78.9 Å². The Morgan fingerprint density at radius 2 is 1.10 bits per heavy atom. The summed E-state index contributed by atoms with van der Waals surface area (Å²) in [5, 5.41) is 5.66. The number of benzene rings is 4. The zero-order valence-corrected chi connectivity index (χ0v) is 23.7. The average Bonchev–Trinajstić information content (AvgIpc) is 2.95. The Balaban J connectivity index is 1.23. The van der Waals surface area contributed by atoms with Crippen LogP contribution in [-0.2, 0) is 0 Å². The monoisotopic (exact) mass is 521 g/mol. The maximum atomic E-state index is 2.63. The topological polar surface area (TPSA) is 0 Å². The van der Waals surface area contributed by atoms with Gasteiger partial charge in [-0.1, -0.05) is 78.9 Å². The smallest absolute Gasteiger partial charge is 0.00639 e. The first-order valence-corrected chi connectivity index (χ1v) is 16.6. The summed E-state index contributed by atoms with van der Waals surface area (Å²) in [5.41, 5.74) is 5.25. The molecule has 0 amide bonds. The molecule has 0 heterocycles. The Hall–Kier alpha value is -2.60. The normalized spacial score (nSPS) is 39.5. The summed E-state index contributed by atoms with van der Waals surface area (Å²) in [4.78, 5) is 0. The van der Waals surface area contributed by atoms with E-state index in [4.69, 9.17) is 0 Å². The van der Waals surface area contributed by atoms with Crippen LogP contribution in [0.1, 0.15) is 75.7 Å². The van der Waals surface area contributed by atoms with Crippen LogP contribution in [0.4, 0.5) is 0 Å². The minimum atomic E-state index is 0.504. The second kappa shape index (κ2) is 8.24. The fraction of sp³-hybridized carbons (Fsp3) is 0.475. The highest BCUT2D eigenvalue weighted by Gasteiger charge is 2.65. The van der Waals surface area contributed by atoms with Gasteiger partial charge in [-0.05, 0) is 161 Å². The van der Waals surface area contributed by atoms with Gasteiger partial charge in [0.15, 0.2) is 0 Å². The van der Waals surface area contributed by atoms with Crippen LogP contribution in [0.3, 0.4) is 0 Å². The molecule has 4 aromatic rings. The molecule has 1 radical (unpaired) electrons. The highest BCUT2D eigenvalue weighted by atomic mass is 14.7. The van der Waals surface area contributed by atoms with E-state index in [0.717, 1.165) is 41.4 Å². The Kier molecular flexibility index (Phi) is 4.74. The van der Waals surface area contributed by atoms with Crippen molar-refractivity contribution < 1.29 is 0 Å². The molecule has 6 unspecified atom stereocenters. The summed E-state index contributed by atoms with van der Waals surface area (Å²) >= 11 is 0. The van der Waals surface area contributed by atoms with Crippen molar-refractivity contribution >= 4 is 21.5 Å². The van der Waals surface area contributed by atoms with Gasteiger partial charge in [0.25, 0.3) is 0 Å². The van der Waals surface area contributed by atoms with Crippen molar-refractivity contribution in [1.82, 2.24) is 0 Å². The van der Waals surface area contributed by atoms with E-state index >= 15 is 0 Å². The van der Waals surface area contributed by atoms with Gasteiger partial charge in [-0.15, -0.1) is 0 Å². The van der Waals surface area contributed by atoms with Crippen LogP contribution < -0.4 is 0 Å². The van der Waals surface area contributed by atoms with E-state index in [1.165, 1.54) is 72.1 Å². The molecular weight excluding hydrogens is 480 g/mol. The zero-order chi connectivity index (χ0) is 26.0. The molecule has 201 valence electrons. The maximum absolute atomic E-state index is 2.63. The molecule has 0 saturated heterocycles. The Morgan fingerprint density at radius 3 is 1.85 bits per heavy atom. The minimum Gasteiger partial charge on any atom is -0.0616 e. The van der Waals surface area contributed by atoms with E-state index in [0.29, 0.717) is 11.3 Å². The predicted molar refractivity (Wildman–Crippen MR) is 166 cm³/mol. The lowest BCUT2D eigenvalue weighted by Gasteiger charge is -2.69. The third kappa shape index (κ3) is 3.09. The molecule has 8 fully saturated rings. The van der Waals surface area contributed by atoms with Gasteiger partial charge in [0.05, 0.1) is 0 Å². The lowest BCUT2D eigenvalue weighted by Crippen LogP contribution is -2.60. The third-order valence-electron chi connectivity index (χ3n) is 13.3. The zero-order valence-electron chi connectivity index (χ0n) is 23.7. The Morgan fingerprint density at radius 1 is 0.500 bits per heavy atom. The Labute approximate surface area is 239 Å². The molecule has 0 aliphatic heterocycles. The van der Waals surface area contributed by atoms with Crippen molar-refractivity contribution in [2.24, 2.45) is 46.8 Å². The molecule has 0 heteroatoms. The van der Waals surface area contributed by atoms with Crippen molar-refractivity contribution in [2.45, 2.75) is 70.1 Å². The van der Waals surface area contributed by atoms with Crippen molar-refractivity contribution in [2.75, 3.05) is 0 Å². The molecule has 40 heavy (non-hydrogen) atoms. The molecule has 8 bridgehead atoms. The average molecular weight is 522 g/mol. The van der Waals surface area contributed by atoms with Crippen molar-refractivity contribution in [3.05, 3.63) is 90.3 Å². The fourth-order valence-electron chi connectivity index (χ4n) is 12.9. The molecule has 0 nitrogen and oxygen atoms in total. The molecule has 8 saturated carbocycles.